The molecule has 3 aliphatic rings. The van der Waals surface area contributed by atoms with Gasteiger partial charge in [0.25, 0.3) is 0 Å². The number of rotatable bonds is 6. The van der Waals surface area contributed by atoms with Gasteiger partial charge in [0, 0.05) is 17.7 Å². The Kier molecular flexibility index (Phi) is 3.94. The van der Waals surface area contributed by atoms with Gasteiger partial charge in [-0.2, -0.15) is 0 Å². The molecule has 9 heteroatoms. The number of Topliss-reactive ketones (excluding diaryl/α,β-unsaturated/α-hetero) is 1. The highest BCUT2D eigenvalue weighted by Crippen LogP contribution is 2.64. The number of hydrogen-bond donors (Lipinski definition) is 1. The summed E-state index contributed by atoms with van der Waals surface area (Å²) in [6.45, 7) is 4.09. The van der Waals surface area contributed by atoms with Crippen LogP contribution in [0.3, 0.4) is 0 Å². The summed E-state index contributed by atoms with van der Waals surface area (Å²) in [6, 6.07) is 7.43. The Morgan fingerprint density at radius 2 is 1.90 bits per heavy atom. The van der Waals surface area contributed by atoms with Crippen molar-refractivity contribution in [1.29, 1.82) is 0 Å². The third kappa shape index (κ3) is 2.89. The zero-order valence-corrected chi connectivity index (χ0v) is 17.4. The van der Waals surface area contributed by atoms with Crippen molar-refractivity contribution in [3.05, 3.63) is 24.3 Å². The van der Waals surface area contributed by atoms with Crippen LogP contribution in [-0.2, 0) is 14.8 Å². The predicted octanol–water partition coefficient (Wildman–Crippen LogP) is 2.81. The van der Waals surface area contributed by atoms with Crippen molar-refractivity contribution in [3.8, 4) is 11.4 Å². The molecule has 2 aromatic rings. The van der Waals surface area contributed by atoms with Gasteiger partial charge >= 0.3 is 0 Å². The average molecular weight is 416 g/mol. The van der Waals surface area contributed by atoms with Gasteiger partial charge < -0.3 is 0 Å². The Morgan fingerprint density at radius 3 is 2.48 bits per heavy atom. The third-order valence-electron chi connectivity index (χ3n) is 7.38. The summed E-state index contributed by atoms with van der Waals surface area (Å²) in [4.78, 5) is 12.7. The van der Waals surface area contributed by atoms with Crippen LogP contribution < -0.4 is 4.72 Å². The Hall–Kier alpha value is -2.29. The Morgan fingerprint density at radius 1 is 1.17 bits per heavy atom. The van der Waals surface area contributed by atoms with E-state index in [1.54, 1.807) is 12.1 Å². The van der Waals surface area contributed by atoms with Crippen molar-refractivity contribution >= 4 is 21.5 Å². The van der Waals surface area contributed by atoms with Gasteiger partial charge in [-0.25, -0.2) is 13.1 Å². The zero-order chi connectivity index (χ0) is 20.4. The first-order valence-corrected chi connectivity index (χ1v) is 11.8. The highest BCUT2D eigenvalue weighted by Gasteiger charge is 2.65. The van der Waals surface area contributed by atoms with E-state index in [1.165, 1.54) is 0 Å². The van der Waals surface area contributed by atoms with Gasteiger partial charge in [0.15, 0.2) is 5.82 Å². The fourth-order valence-corrected chi connectivity index (χ4v) is 7.18. The first kappa shape index (κ1) is 18.7. The summed E-state index contributed by atoms with van der Waals surface area (Å²) in [5.41, 5.74) is 0.279. The lowest BCUT2D eigenvalue weighted by Crippen LogP contribution is -2.43. The number of hydrogen-bond acceptors (Lipinski definition) is 6. The summed E-state index contributed by atoms with van der Waals surface area (Å²) < 4.78 is 30.4. The number of fused-ring (bicyclic) bond motifs is 2. The normalized spacial score (nSPS) is 28.1. The highest BCUT2D eigenvalue weighted by molar-refractivity contribution is 7.92. The molecule has 1 heterocycles. The van der Waals surface area contributed by atoms with Crippen molar-refractivity contribution in [1.82, 2.24) is 20.2 Å². The number of aromatic nitrogens is 4. The molecule has 8 nitrogen and oxygen atoms in total. The summed E-state index contributed by atoms with van der Waals surface area (Å²) in [7, 11) is -3.66. The minimum atomic E-state index is -3.66. The van der Waals surface area contributed by atoms with E-state index < -0.39 is 15.4 Å². The molecule has 3 fully saturated rings. The molecule has 0 spiro atoms. The van der Waals surface area contributed by atoms with Crippen molar-refractivity contribution in [3.63, 3.8) is 0 Å². The van der Waals surface area contributed by atoms with Crippen LogP contribution in [0.4, 0.5) is 5.69 Å². The van der Waals surface area contributed by atoms with Gasteiger partial charge in [-0.3, -0.25) is 9.52 Å². The van der Waals surface area contributed by atoms with Crippen molar-refractivity contribution < 1.29 is 13.2 Å². The van der Waals surface area contributed by atoms with Crippen LogP contribution in [0, 0.1) is 16.7 Å². The molecule has 0 amide bonds. The van der Waals surface area contributed by atoms with Crippen LogP contribution in [0.2, 0.25) is 0 Å². The highest BCUT2D eigenvalue weighted by atomic mass is 32.2. The molecule has 1 N–H and O–H groups in total. The van der Waals surface area contributed by atoms with Crippen LogP contribution in [0.1, 0.15) is 52.0 Å². The minimum absolute atomic E-state index is 0.103. The smallest absolute Gasteiger partial charge is 0.233 e. The van der Waals surface area contributed by atoms with E-state index in [0.717, 1.165) is 24.8 Å². The van der Waals surface area contributed by atoms with Crippen LogP contribution in [-0.4, -0.2) is 40.2 Å². The Bertz CT molecular complexity index is 1070. The molecule has 2 atom stereocenters. The zero-order valence-electron chi connectivity index (χ0n) is 16.6. The number of tetrazole rings is 1. The fourth-order valence-electron chi connectivity index (χ4n) is 5.28. The van der Waals surface area contributed by atoms with Crippen LogP contribution >= 0.6 is 0 Å². The van der Waals surface area contributed by atoms with Crippen molar-refractivity contribution in [2.75, 3.05) is 10.5 Å². The molecular formula is C20H25N5O3S. The van der Waals surface area contributed by atoms with Gasteiger partial charge in [-0.05, 0) is 71.7 Å². The molecule has 154 valence electrons. The van der Waals surface area contributed by atoms with Crippen LogP contribution in [0.5, 0.6) is 0 Å². The van der Waals surface area contributed by atoms with E-state index in [-0.39, 0.29) is 17.0 Å². The number of nitrogens with zero attached hydrogens (tertiary/aromatic N) is 4. The number of carbonyl (C=O) groups excluding carboxylic acids is 1. The van der Waals surface area contributed by atoms with E-state index >= 15 is 0 Å². The molecular weight excluding hydrogens is 390 g/mol. The van der Waals surface area contributed by atoms with Gasteiger partial charge in [-0.1, -0.05) is 13.8 Å². The molecule has 0 aliphatic heterocycles. The quantitative estimate of drug-likeness (QED) is 0.777. The van der Waals surface area contributed by atoms with Crippen LogP contribution in [0.15, 0.2) is 24.3 Å². The molecule has 3 aliphatic carbocycles. The summed E-state index contributed by atoms with van der Waals surface area (Å²) in [5, 5.41) is 11.9. The predicted molar refractivity (Wildman–Crippen MR) is 107 cm³/mol. The first-order valence-electron chi connectivity index (χ1n) is 10.1. The second-order valence-corrected chi connectivity index (χ2v) is 11.0. The summed E-state index contributed by atoms with van der Waals surface area (Å²) in [5.74, 6) is 0.939. The van der Waals surface area contributed by atoms with E-state index in [1.807, 2.05) is 30.7 Å². The molecule has 0 radical (unpaired) electrons. The van der Waals surface area contributed by atoms with Gasteiger partial charge in [0.2, 0.25) is 10.0 Å². The Balaban J connectivity index is 1.35. The number of ketones is 1. The van der Waals surface area contributed by atoms with Crippen LogP contribution in [0.25, 0.3) is 11.4 Å². The second kappa shape index (κ2) is 6.10. The standard InChI is InChI=1S/C20H25N5O3S/c1-19(2)14-9-10-20(19,17(26)11-14)12-29(27,28)22-15-5-3-13(4-6-15)18-21-23-24-25(18)16-7-8-16/h3-6,14,16,22H,7-12H2,1-2H3. The minimum Gasteiger partial charge on any atom is -0.299 e. The van der Waals surface area contributed by atoms with E-state index in [0.29, 0.717) is 36.3 Å². The van der Waals surface area contributed by atoms with Gasteiger partial charge in [0.1, 0.15) is 5.78 Å². The maximum Gasteiger partial charge on any atom is 0.233 e. The molecule has 2 unspecified atom stereocenters. The number of carbonyl (C=O) groups is 1. The maximum absolute atomic E-state index is 12.9. The van der Waals surface area contributed by atoms with Crippen molar-refractivity contribution in [2.45, 2.75) is 52.0 Å². The van der Waals surface area contributed by atoms with Gasteiger partial charge in [0.05, 0.1) is 17.2 Å². The number of benzene rings is 1. The van der Waals surface area contributed by atoms with E-state index in [9.17, 15) is 13.2 Å². The molecule has 5 rings (SSSR count). The number of sulfonamides is 1. The molecule has 2 bridgehead atoms. The third-order valence-corrected chi connectivity index (χ3v) is 8.80. The van der Waals surface area contributed by atoms with E-state index in [2.05, 4.69) is 20.2 Å². The Labute approximate surface area is 170 Å². The molecule has 0 saturated heterocycles. The lowest BCUT2D eigenvalue weighted by molar-refractivity contribution is -0.128. The monoisotopic (exact) mass is 415 g/mol. The topological polar surface area (TPSA) is 107 Å². The first-order chi connectivity index (χ1) is 13.7. The van der Waals surface area contributed by atoms with Crippen molar-refractivity contribution in [2.24, 2.45) is 16.7 Å². The molecule has 1 aromatic heterocycles. The van der Waals surface area contributed by atoms with Gasteiger partial charge in [-0.15, -0.1) is 5.10 Å². The average Bonchev–Trinajstić information content (AvgIpc) is 3.30. The lowest BCUT2D eigenvalue weighted by Gasteiger charge is -2.36. The lowest BCUT2D eigenvalue weighted by atomic mass is 9.70. The molecule has 3 saturated carbocycles. The molecule has 1 aromatic carbocycles. The largest absolute Gasteiger partial charge is 0.299 e. The SMILES string of the molecule is CC1(C)C2CCC1(CS(=O)(=O)Nc1ccc(-c3nnnn3C3CC3)cc1)C(=O)C2. The summed E-state index contributed by atoms with van der Waals surface area (Å²) in [6.07, 6.45) is 4.25. The molecule has 29 heavy (non-hydrogen) atoms. The number of nitrogens with one attached hydrogen (secondary N) is 1. The fraction of sp³-hybridized carbons (Fsp3) is 0.600. The number of anilines is 1. The summed E-state index contributed by atoms with van der Waals surface area (Å²) >= 11 is 0. The van der Waals surface area contributed by atoms with E-state index in [4.69, 9.17) is 0 Å². The second-order valence-electron chi connectivity index (χ2n) is 9.28. The maximum atomic E-state index is 12.9.